The molecule has 0 aromatic heterocycles. The quantitative estimate of drug-likeness (QED) is 0.816. The Balaban J connectivity index is 2.01. The number of amides is 1. The number of benzene rings is 1. The van der Waals surface area contributed by atoms with E-state index in [1.54, 1.807) is 24.1 Å². The van der Waals surface area contributed by atoms with Crippen molar-refractivity contribution < 1.29 is 23.0 Å². The van der Waals surface area contributed by atoms with Crippen molar-refractivity contribution >= 4 is 5.91 Å². The molecule has 7 heteroatoms. The maximum absolute atomic E-state index is 12.9. The summed E-state index contributed by atoms with van der Waals surface area (Å²) in [7, 11) is 1.69. The molecule has 1 aromatic rings. The zero-order chi connectivity index (χ0) is 18.8. The molecule has 0 spiro atoms. The highest BCUT2D eigenvalue weighted by molar-refractivity contribution is 5.88. The van der Waals surface area contributed by atoms with Crippen LogP contribution in [-0.2, 0) is 16.1 Å². The highest BCUT2D eigenvalue weighted by Crippen LogP contribution is 2.50. The predicted octanol–water partition coefficient (Wildman–Crippen LogP) is 2.78. The van der Waals surface area contributed by atoms with Crippen LogP contribution in [0.1, 0.15) is 32.8 Å². The third-order valence-electron chi connectivity index (χ3n) is 5.13. The molecule has 0 heterocycles. The fraction of sp³-hybridized carbons (Fsp3) is 0.611. The Morgan fingerprint density at radius 2 is 1.96 bits per heavy atom. The molecule has 1 fully saturated rings. The van der Waals surface area contributed by atoms with Gasteiger partial charge in [-0.2, -0.15) is 8.78 Å². The third-order valence-corrected chi connectivity index (χ3v) is 5.13. The van der Waals surface area contributed by atoms with Gasteiger partial charge in [0, 0.05) is 32.0 Å². The summed E-state index contributed by atoms with van der Waals surface area (Å²) in [4.78, 5) is 14.4. The first-order valence-corrected chi connectivity index (χ1v) is 8.31. The molecule has 0 aliphatic heterocycles. The molecular formula is C18H26F2N2O3. The van der Waals surface area contributed by atoms with Gasteiger partial charge in [-0.05, 0) is 24.6 Å². The number of likely N-dealkylation sites (N-methyl/N-ethyl adjacent to an activating group) is 1. The van der Waals surface area contributed by atoms with E-state index in [1.165, 1.54) is 12.1 Å². The lowest BCUT2D eigenvalue weighted by atomic mass is 9.54. The highest BCUT2D eigenvalue weighted by atomic mass is 19.3. The Bertz CT molecular complexity index is 607. The Morgan fingerprint density at radius 1 is 1.36 bits per heavy atom. The maximum Gasteiger partial charge on any atom is 0.387 e. The maximum atomic E-state index is 12.9. The van der Waals surface area contributed by atoms with Gasteiger partial charge in [0.2, 0.25) is 5.91 Å². The molecule has 25 heavy (non-hydrogen) atoms. The van der Waals surface area contributed by atoms with Gasteiger partial charge in [0.1, 0.15) is 11.3 Å². The van der Waals surface area contributed by atoms with Crippen LogP contribution in [0.4, 0.5) is 8.78 Å². The van der Waals surface area contributed by atoms with E-state index in [9.17, 15) is 13.6 Å². The zero-order valence-electron chi connectivity index (χ0n) is 15.1. The summed E-state index contributed by atoms with van der Waals surface area (Å²) in [6.45, 7) is 3.87. The van der Waals surface area contributed by atoms with E-state index >= 15 is 0 Å². The fourth-order valence-electron chi connectivity index (χ4n) is 3.26. The fourth-order valence-corrected chi connectivity index (χ4v) is 3.26. The van der Waals surface area contributed by atoms with Gasteiger partial charge in [-0.15, -0.1) is 0 Å². The van der Waals surface area contributed by atoms with Crippen LogP contribution in [0.2, 0.25) is 0 Å². The van der Waals surface area contributed by atoms with Crippen molar-refractivity contribution in [3.8, 4) is 5.75 Å². The molecule has 2 atom stereocenters. The number of carbonyl (C=O) groups is 1. The Morgan fingerprint density at radius 3 is 2.44 bits per heavy atom. The standard InChI is InChI=1S/C18H26F2N2O3/c1-5-24-14-10-18(21,17(14,2)3)15(23)22(4)11-12-6-8-13(9-7-12)25-16(19)20/h6-9,14,16H,5,10-11,21H2,1-4H3. The van der Waals surface area contributed by atoms with E-state index in [2.05, 4.69) is 4.74 Å². The van der Waals surface area contributed by atoms with Crippen LogP contribution in [0.25, 0.3) is 0 Å². The van der Waals surface area contributed by atoms with Crippen LogP contribution in [0, 0.1) is 5.41 Å². The Kier molecular flexibility index (Phi) is 5.68. The molecule has 1 saturated carbocycles. The van der Waals surface area contributed by atoms with Crippen LogP contribution >= 0.6 is 0 Å². The van der Waals surface area contributed by atoms with Gasteiger partial charge in [0.25, 0.3) is 0 Å². The van der Waals surface area contributed by atoms with Crippen molar-refractivity contribution in [3.05, 3.63) is 29.8 Å². The number of nitrogens with two attached hydrogens (primary N) is 1. The summed E-state index contributed by atoms with van der Waals surface area (Å²) in [6, 6.07) is 6.21. The van der Waals surface area contributed by atoms with Gasteiger partial charge < -0.3 is 20.1 Å². The van der Waals surface area contributed by atoms with E-state index in [-0.39, 0.29) is 17.8 Å². The smallest absolute Gasteiger partial charge is 0.387 e. The molecule has 0 bridgehead atoms. The number of halogens is 2. The predicted molar refractivity (Wildman–Crippen MR) is 90.3 cm³/mol. The van der Waals surface area contributed by atoms with Gasteiger partial charge in [-0.3, -0.25) is 4.79 Å². The van der Waals surface area contributed by atoms with Gasteiger partial charge in [0.05, 0.1) is 6.10 Å². The van der Waals surface area contributed by atoms with Crippen molar-refractivity contribution in [1.82, 2.24) is 4.90 Å². The van der Waals surface area contributed by atoms with E-state index in [4.69, 9.17) is 10.5 Å². The molecule has 1 aromatic carbocycles. The Labute approximate surface area is 147 Å². The van der Waals surface area contributed by atoms with Crippen LogP contribution < -0.4 is 10.5 Å². The average molecular weight is 356 g/mol. The van der Waals surface area contributed by atoms with Crippen molar-refractivity contribution in [1.29, 1.82) is 0 Å². The van der Waals surface area contributed by atoms with Crippen molar-refractivity contribution in [2.24, 2.45) is 11.1 Å². The minimum atomic E-state index is -2.86. The molecule has 1 aliphatic rings. The summed E-state index contributed by atoms with van der Waals surface area (Å²) in [5.74, 6) is -0.0657. The third kappa shape index (κ3) is 3.77. The minimum Gasteiger partial charge on any atom is -0.435 e. The number of alkyl halides is 2. The normalized spacial score (nSPS) is 24.7. The van der Waals surface area contributed by atoms with Gasteiger partial charge in [-0.25, -0.2) is 0 Å². The summed E-state index contributed by atoms with van der Waals surface area (Å²) < 4.78 is 34.3. The van der Waals surface area contributed by atoms with Gasteiger partial charge in [-0.1, -0.05) is 26.0 Å². The lowest BCUT2D eigenvalue weighted by molar-refractivity contribution is -0.178. The SMILES string of the molecule is CCOC1CC(N)(C(=O)N(C)Cc2ccc(OC(F)F)cc2)C1(C)C. The lowest BCUT2D eigenvalue weighted by Gasteiger charge is -2.58. The number of hydrogen-bond donors (Lipinski definition) is 1. The number of ether oxygens (including phenoxy) is 2. The molecular weight excluding hydrogens is 330 g/mol. The molecule has 2 unspecified atom stereocenters. The summed E-state index contributed by atoms with van der Waals surface area (Å²) in [5.41, 5.74) is 5.78. The molecule has 0 radical (unpaired) electrons. The molecule has 2 N–H and O–H groups in total. The minimum absolute atomic E-state index is 0.0365. The summed E-state index contributed by atoms with van der Waals surface area (Å²) in [6.07, 6.45) is 0.448. The number of hydrogen-bond acceptors (Lipinski definition) is 4. The zero-order valence-corrected chi connectivity index (χ0v) is 15.1. The largest absolute Gasteiger partial charge is 0.435 e. The summed E-state index contributed by atoms with van der Waals surface area (Å²) in [5, 5.41) is 0. The first-order chi connectivity index (χ1) is 11.6. The second-order valence-corrected chi connectivity index (χ2v) is 7.02. The Hall–Kier alpha value is -1.73. The van der Waals surface area contributed by atoms with Crippen molar-refractivity contribution in [2.75, 3.05) is 13.7 Å². The van der Waals surface area contributed by atoms with Crippen LogP contribution in [-0.4, -0.2) is 42.7 Å². The van der Waals surface area contributed by atoms with Crippen molar-refractivity contribution in [2.45, 2.75) is 52.0 Å². The van der Waals surface area contributed by atoms with E-state index in [0.717, 1.165) is 5.56 Å². The number of rotatable bonds is 7. The van der Waals surface area contributed by atoms with E-state index in [0.29, 0.717) is 19.6 Å². The van der Waals surface area contributed by atoms with Crippen molar-refractivity contribution in [3.63, 3.8) is 0 Å². The molecule has 1 amide bonds. The lowest BCUT2D eigenvalue weighted by Crippen LogP contribution is -2.75. The van der Waals surface area contributed by atoms with Gasteiger partial charge >= 0.3 is 6.61 Å². The monoisotopic (exact) mass is 356 g/mol. The number of nitrogens with zero attached hydrogens (tertiary/aromatic N) is 1. The molecule has 2 rings (SSSR count). The first-order valence-electron chi connectivity index (χ1n) is 8.31. The molecule has 140 valence electrons. The van der Waals surface area contributed by atoms with E-state index in [1.807, 2.05) is 20.8 Å². The first kappa shape index (κ1) is 19.6. The number of carbonyl (C=O) groups excluding carboxylic acids is 1. The van der Waals surface area contributed by atoms with Crippen LogP contribution in [0.5, 0.6) is 5.75 Å². The van der Waals surface area contributed by atoms with Crippen LogP contribution in [0.3, 0.4) is 0 Å². The second-order valence-electron chi connectivity index (χ2n) is 7.02. The average Bonchev–Trinajstić information content (AvgIpc) is 2.55. The topological polar surface area (TPSA) is 64.8 Å². The van der Waals surface area contributed by atoms with Gasteiger partial charge in [0.15, 0.2) is 0 Å². The second kappa shape index (κ2) is 7.25. The summed E-state index contributed by atoms with van der Waals surface area (Å²) >= 11 is 0. The molecule has 0 saturated heterocycles. The highest BCUT2D eigenvalue weighted by Gasteiger charge is 2.63. The molecule has 5 nitrogen and oxygen atoms in total. The molecule has 1 aliphatic carbocycles. The van der Waals surface area contributed by atoms with Crippen LogP contribution in [0.15, 0.2) is 24.3 Å². The van der Waals surface area contributed by atoms with E-state index < -0.39 is 17.6 Å².